The predicted molar refractivity (Wildman–Crippen MR) is 275 cm³/mol. The molecule has 1 atom stereocenters. The molecular formula is C58H112O6. The molecule has 0 rings (SSSR count). The topological polar surface area (TPSA) is 78.9 Å². The first-order chi connectivity index (χ1) is 31.4. The first-order valence-corrected chi connectivity index (χ1v) is 28.9. The van der Waals surface area contributed by atoms with Crippen molar-refractivity contribution >= 4 is 17.9 Å². The Balaban J connectivity index is 4.11. The van der Waals surface area contributed by atoms with Crippen LogP contribution in [0.3, 0.4) is 0 Å². The van der Waals surface area contributed by atoms with Crippen molar-refractivity contribution in [3.63, 3.8) is 0 Å². The van der Waals surface area contributed by atoms with Gasteiger partial charge in [0.25, 0.3) is 0 Å². The minimum Gasteiger partial charge on any atom is -0.462 e. The standard InChI is InChI=1S/C58H112O6/c1-5-7-9-11-13-14-15-16-17-18-22-26-29-32-35-39-43-47-51-58(61)64-55(52-62-56(59)49-45-41-36-12-10-8-6-2)53-63-57(60)50-46-42-38-34-31-28-25-23-20-19-21-24-27-30-33-37-40-44-48-54(3)4/h54-55H,5-53H2,1-4H3/t55-/m1/s1. The molecule has 0 aromatic heterocycles. The highest BCUT2D eigenvalue weighted by molar-refractivity contribution is 5.71. The lowest BCUT2D eigenvalue weighted by Gasteiger charge is -2.18. The summed E-state index contributed by atoms with van der Waals surface area (Å²) in [5.74, 6) is 0.0153. The van der Waals surface area contributed by atoms with Gasteiger partial charge in [-0.1, -0.05) is 291 Å². The van der Waals surface area contributed by atoms with Crippen LogP contribution in [0.2, 0.25) is 0 Å². The monoisotopic (exact) mass is 905 g/mol. The molecule has 0 saturated heterocycles. The van der Waals surface area contributed by atoms with Gasteiger partial charge in [-0.15, -0.1) is 0 Å². The number of esters is 3. The second kappa shape index (κ2) is 52.4. The zero-order valence-electron chi connectivity index (χ0n) is 43.8. The van der Waals surface area contributed by atoms with Gasteiger partial charge in [-0.3, -0.25) is 14.4 Å². The van der Waals surface area contributed by atoms with Crippen LogP contribution in [-0.4, -0.2) is 37.2 Å². The Morgan fingerprint density at radius 3 is 0.766 bits per heavy atom. The van der Waals surface area contributed by atoms with E-state index in [1.165, 1.54) is 225 Å². The minimum absolute atomic E-state index is 0.0624. The van der Waals surface area contributed by atoms with E-state index in [0.29, 0.717) is 19.3 Å². The van der Waals surface area contributed by atoms with Gasteiger partial charge in [-0.25, -0.2) is 0 Å². The van der Waals surface area contributed by atoms with Gasteiger partial charge >= 0.3 is 17.9 Å². The number of carbonyl (C=O) groups excluding carboxylic acids is 3. The first-order valence-electron chi connectivity index (χ1n) is 28.9. The Morgan fingerprint density at radius 2 is 0.516 bits per heavy atom. The lowest BCUT2D eigenvalue weighted by Crippen LogP contribution is -2.30. The van der Waals surface area contributed by atoms with Crippen molar-refractivity contribution in [1.82, 2.24) is 0 Å². The van der Waals surface area contributed by atoms with Gasteiger partial charge in [0, 0.05) is 19.3 Å². The second-order valence-corrected chi connectivity index (χ2v) is 20.4. The minimum atomic E-state index is -0.760. The summed E-state index contributed by atoms with van der Waals surface area (Å²) >= 11 is 0. The molecule has 0 aliphatic carbocycles. The Labute approximate surface area is 399 Å². The van der Waals surface area contributed by atoms with Crippen LogP contribution >= 0.6 is 0 Å². The second-order valence-electron chi connectivity index (χ2n) is 20.4. The molecule has 0 saturated carbocycles. The lowest BCUT2D eigenvalue weighted by atomic mass is 10.0. The average Bonchev–Trinajstić information content (AvgIpc) is 3.28. The van der Waals surface area contributed by atoms with Crippen molar-refractivity contribution in [3.05, 3.63) is 0 Å². The Kier molecular flexibility index (Phi) is 51.1. The van der Waals surface area contributed by atoms with Crippen LogP contribution in [-0.2, 0) is 28.6 Å². The van der Waals surface area contributed by atoms with Gasteiger partial charge in [0.2, 0.25) is 0 Å². The van der Waals surface area contributed by atoms with E-state index < -0.39 is 6.10 Å². The SMILES string of the molecule is CCCCCCCCCCCCCCCCCCCCC(=O)O[C@H](COC(=O)CCCCCCCCC)COC(=O)CCCCCCCCCCCCCCCCCCCCC(C)C. The Bertz CT molecular complexity index is 964. The van der Waals surface area contributed by atoms with Gasteiger partial charge in [-0.2, -0.15) is 0 Å². The highest BCUT2D eigenvalue weighted by Gasteiger charge is 2.19. The maximum Gasteiger partial charge on any atom is 0.306 e. The number of ether oxygens (including phenoxy) is 3. The van der Waals surface area contributed by atoms with Crippen LogP contribution in [0, 0.1) is 5.92 Å². The maximum atomic E-state index is 12.8. The van der Waals surface area contributed by atoms with Crippen LogP contribution in [0.15, 0.2) is 0 Å². The summed E-state index contributed by atoms with van der Waals surface area (Å²) in [6, 6.07) is 0. The molecule has 0 amide bonds. The summed E-state index contributed by atoms with van der Waals surface area (Å²) in [5.41, 5.74) is 0. The van der Waals surface area contributed by atoms with Gasteiger partial charge < -0.3 is 14.2 Å². The molecule has 0 fully saturated rings. The van der Waals surface area contributed by atoms with E-state index in [4.69, 9.17) is 14.2 Å². The normalized spacial score (nSPS) is 12.0. The third-order valence-electron chi connectivity index (χ3n) is 13.3. The fourth-order valence-corrected chi connectivity index (χ4v) is 8.92. The number of unbranched alkanes of at least 4 members (excludes halogenated alkanes) is 40. The molecule has 64 heavy (non-hydrogen) atoms. The molecule has 0 aromatic carbocycles. The van der Waals surface area contributed by atoms with E-state index in [1.807, 2.05) is 0 Å². The van der Waals surface area contributed by atoms with E-state index in [2.05, 4.69) is 27.7 Å². The zero-order chi connectivity index (χ0) is 46.7. The smallest absolute Gasteiger partial charge is 0.306 e. The molecule has 6 nitrogen and oxygen atoms in total. The molecule has 0 aliphatic rings. The van der Waals surface area contributed by atoms with Crippen molar-refractivity contribution in [2.24, 2.45) is 5.92 Å². The van der Waals surface area contributed by atoms with Crippen LogP contribution in [0.5, 0.6) is 0 Å². The van der Waals surface area contributed by atoms with E-state index in [9.17, 15) is 14.4 Å². The molecular weight excluding hydrogens is 793 g/mol. The van der Waals surface area contributed by atoms with Crippen LogP contribution in [0.4, 0.5) is 0 Å². The summed E-state index contributed by atoms with van der Waals surface area (Å²) < 4.78 is 16.8. The number of hydrogen-bond acceptors (Lipinski definition) is 6. The van der Waals surface area contributed by atoms with E-state index >= 15 is 0 Å². The zero-order valence-corrected chi connectivity index (χ0v) is 43.8. The van der Waals surface area contributed by atoms with Crippen LogP contribution in [0.25, 0.3) is 0 Å². The van der Waals surface area contributed by atoms with Gasteiger partial charge in [0.05, 0.1) is 0 Å². The number of rotatable bonds is 53. The van der Waals surface area contributed by atoms with Crippen molar-refractivity contribution in [2.75, 3.05) is 13.2 Å². The van der Waals surface area contributed by atoms with E-state index in [0.717, 1.165) is 63.7 Å². The number of hydrogen-bond donors (Lipinski definition) is 0. The molecule has 0 aromatic rings. The summed E-state index contributed by atoms with van der Waals surface area (Å²) in [7, 11) is 0. The lowest BCUT2D eigenvalue weighted by molar-refractivity contribution is -0.167. The summed E-state index contributed by atoms with van der Waals surface area (Å²) in [4.78, 5) is 37.9. The molecule has 0 unspecified atom stereocenters. The molecule has 6 heteroatoms. The average molecular weight is 906 g/mol. The Hall–Kier alpha value is -1.59. The van der Waals surface area contributed by atoms with Crippen molar-refractivity contribution < 1.29 is 28.6 Å². The highest BCUT2D eigenvalue weighted by Crippen LogP contribution is 2.18. The maximum absolute atomic E-state index is 12.8. The molecule has 0 N–H and O–H groups in total. The van der Waals surface area contributed by atoms with Gasteiger partial charge in [0.1, 0.15) is 13.2 Å². The highest BCUT2D eigenvalue weighted by atomic mass is 16.6. The van der Waals surface area contributed by atoms with Crippen molar-refractivity contribution in [2.45, 2.75) is 336 Å². The largest absolute Gasteiger partial charge is 0.462 e. The van der Waals surface area contributed by atoms with Crippen LogP contribution in [0.1, 0.15) is 329 Å². The molecule has 0 aliphatic heterocycles. The number of carbonyl (C=O) groups is 3. The summed E-state index contributed by atoms with van der Waals surface area (Å²) in [6.45, 7) is 9.03. The first kappa shape index (κ1) is 62.4. The molecule has 0 heterocycles. The van der Waals surface area contributed by atoms with E-state index in [-0.39, 0.29) is 31.1 Å². The summed E-state index contributed by atoms with van der Waals surface area (Å²) in [6.07, 6.45) is 56.9. The third-order valence-corrected chi connectivity index (χ3v) is 13.3. The van der Waals surface area contributed by atoms with E-state index in [1.54, 1.807) is 0 Å². The quantitative estimate of drug-likeness (QED) is 0.0344. The van der Waals surface area contributed by atoms with Crippen LogP contribution < -0.4 is 0 Å². The van der Waals surface area contributed by atoms with Gasteiger partial charge in [0.15, 0.2) is 6.10 Å². The predicted octanol–water partition coefficient (Wildman–Crippen LogP) is 19.0. The van der Waals surface area contributed by atoms with Gasteiger partial charge in [-0.05, 0) is 25.2 Å². The fraction of sp³-hybridized carbons (Fsp3) is 0.948. The molecule has 380 valence electrons. The molecule has 0 bridgehead atoms. The van der Waals surface area contributed by atoms with Crippen molar-refractivity contribution in [1.29, 1.82) is 0 Å². The molecule has 0 radical (unpaired) electrons. The Morgan fingerprint density at radius 1 is 0.297 bits per heavy atom. The third kappa shape index (κ3) is 51.4. The fourth-order valence-electron chi connectivity index (χ4n) is 8.92. The van der Waals surface area contributed by atoms with Crippen molar-refractivity contribution in [3.8, 4) is 0 Å². The molecule has 0 spiro atoms. The summed E-state index contributed by atoms with van der Waals surface area (Å²) in [5, 5.41) is 0.